The van der Waals surface area contributed by atoms with Gasteiger partial charge in [-0.2, -0.15) is 0 Å². The molecule has 45 heavy (non-hydrogen) atoms. The number of ether oxygens (including phenoxy) is 2. The second-order valence-corrected chi connectivity index (χ2v) is 13.6. The van der Waals surface area contributed by atoms with E-state index in [1.165, 1.54) is 11.3 Å². The standard InChI is InChI=1S/C35H27I2N3O4S/c1-21-30(33(41)39-25-13-7-4-8-14-25)31(24-12-9-15-26(19-24)43-2)40-34(42)29(45-35(40)38-21)18-23-16-27(36)32(28(37)17-23)44-20-22-10-5-3-6-11-22/h3-19,31H,20H2,1-2H3,(H,39,41)/b29-18-/t31-/m0/s1. The smallest absolute Gasteiger partial charge is 0.271 e. The quantitative estimate of drug-likeness (QED) is 0.177. The highest BCUT2D eigenvalue weighted by Gasteiger charge is 2.32. The van der Waals surface area contributed by atoms with Gasteiger partial charge in [0.1, 0.15) is 18.1 Å². The van der Waals surface area contributed by atoms with Crippen LogP contribution in [0, 0.1) is 7.14 Å². The average Bonchev–Trinajstić information content (AvgIpc) is 3.34. The molecule has 1 aromatic heterocycles. The molecule has 226 valence electrons. The van der Waals surface area contributed by atoms with Crippen molar-refractivity contribution >= 4 is 74.2 Å². The SMILES string of the molecule is COc1cccc([C@H]2C(C(=O)Nc3ccccc3)=C(C)N=c3s/c(=C\c4cc(I)c(OCc5ccccc5)c(I)c4)c(=O)n32)c1. The maximum Gasteiger partial charge on any atom is 0.271 e. The van der Waals surface area contributed by atoms with Crippen molar-refractivity contribution in [3.63, 3.8) is 0 Å². The van der Waals surface area contributed by atoms with Gasteiger partial charge in [0.15, 0.2) is 4.80 Å². The number of nitrogens with zero attached hydrogens (tertiary/aromatic N) is 2. The molecule has 0 spiro atoms. The van der Waals surface area contributed by atoms with Crippen LogP contribution in [0.5, 0.6) is 11.5 Å². The number of methoxy groups -OCH3 is 1. The third kappa shape index (κ3) is 6.77. The van der Waals surface area contributed by atoms with Crippen molar-refractivity contribution in [1.29, 1.82) is 0 Å². The molecule has 2 heterocycles. The number of benzene rings is 4. The number of rotatable bonds is 8. The van der Waals surface area contributed by atoms with Crippen LogP contribution >= 0.6 is 56.5 Å². The topological polar surface area (TPSA) is 81.9 Å². The molecule has 4 aromatic carbocycles. The molecule has 0 fully saturated rings. The van der Waals surface area contributed by atoms with Gasteiger partial charge in [0.25, 0.3) is 11.5 Å². The zero-order valence-electron chi connectivity index (χ0n) is 24.3. The summed E-state index contributed by atoms with van der Waals surface area (Å²) in [6.45, 7) is 2.28. The van der Waals surface area contributed by atoms with Crippen LogP contribution < -0.4 is 29.7 Å². The van der Waals surface area contributed by atoms with Gasteiger partial charge in [-0.15, -0.1) is 0 Å². The largest absolute Gasteiger partial charge is 0.497 e. The number of fused-ring (bicyclic) bond motifs is 1. The summed E-state index contributed by atoms with van der Waals surface area (Å²) in [7, 11) is 1.59. The number of para-hydroxylation sites is 1. The first-order chi connectivity index (χ1) is 21.8. The maximum atomic E-state index is 14.2. The van der Waals surface area contributed by atoms with Crippen LogP contribution in [0.2, 0.25) is 0 Å². The van der Waals surface area contributed by atoms with Crippen LogP contribution in [0.1, 0.15) is 29.7 Å². The molecule has 0 aliphatic carbocycles. The summed E-state index contributed by atoms with van der Waals surface area (Å²) in [5.74, 6) is 1.12. The molecule has 0 unspecified atom stereocenters. The molecule has 5 aromatic rings. The Bertz CT molecular complexity index is 2090. The number of hydrogen-bond donors (Lipinski definition) is 1. The fraction of sp³-hybridized carbons (Fsp3) is 0.114. The second kappa shape index (κ2) is 13.7. The van der Waals surface area contributed by atoms with E-state index < -0.39 is 6.04 Å². The molecule has 1 aliphatic heterocycles. The Labute approximate surface area is 291 Å². The van der Waals surface area contributed by atoms with Gasteiger partial charge in [-0.1, -0.05) is 72.0 Å². The predicted octanol–water partition coefficient (Wildman–Crippen LogP) is 6.67. The van der Waals surface area contributed by atoms with Crippen LogP contribution in [0.4, 0.5) is 5.69 Å². The average molecular weight is 839 g/mol. The normalized spacial score (nSPS) is 14.5. The number of halogens is 2. The van der Waals surface area contributed by atoms with Gasteiger partial charge in [-0.25, -0.2) is 4.99 Å². The van der Waals surface area contributed by atoms with Crippen molar-refractivity contribution in [3.8, 4) is 11.5 Å². The van der Waals surface area contributed by atoms with Gasteiger partial charge in [0.05, 0.1) is 36.1 Å². The van der Waals surface area contributed by atoms with E-state index in [0.717, 1.165) is 29.6 Å². The Morgan fingerprint density at radius 2 is 1.67 bits per heavy atom. The van der Waals surface area contributed by atoms with Crippen LogP contribution in [-0.4, -0.2) is 17.6 Å². The van der Waals surface area contributed by atoms with Gasteiger partial charge in [0.2, 0.25) is 0 Å². The van der Waals surface area contributed by atoms with Crippen LogP contribution in [-0.2, 0) is 11.4 Å². The van der Waals surface area contributed by atoms with Crippen LogP contribution in [0.3, 0.4) is 0 Å². The van der Waals surface area contributed by atoms with Crippen molar-refractivity contribution in [1.82, 2.24) is 4.57 Å². The molecular weight excluding hydrogens is 812 g/mol. The predicted molar refractivity (Wildman–Crippen MR) is 194 cm³/mol. The zero-order valence-corrected chi connectivity index (χ0v) is 29.4. The van der Waals surface area contributed by atoms with E-state index in [9.17, 15) is 9.59 Å². The molecule has 0 saturated heterocycles. The summed E-state index contributed by atoms with van der Waals surface area (Å²) in [5, 5.41) is 2.98. The third-order valence-corrected chi connectivity index (χ3v) is 9.84. The summed E-state index contributed by atoms with van der Waals surface area (Å²) < 4.78 is 15.7. The van der Waals surface area contributed by atoms with Crippen molar-refractivity contribution in [2.24, 2.45) is 4.99 Å². The molecular formula is C35H27I2N3O4S. The highest BCUT2D eigenvalue weighted by Crippen LogP contribution is 2.33. The van der Waals surface area contributed by atoms with Gasteiger partial charge >= 0.3 is 0 Å². The highest BCUT2D eigenvalue weighted by atomic mass is 127. The fourth-order valence-corrected chi connectivity index (χ4v) is 8.31. The second-order valence-electron chi connectivity index (χ2n) is 10.3. The van der Waals surface area contributed by atoms with Gasteiger partial charge in [-0.3, -0.25) is 14.2 Å². The summed E-state index contributed by atoms with van der Waals surface area (Å²) in [4.78, 5) is 33.2. The molecule has 1 amide bonds. The van der Waals surface area contributed by atoms with Gasteiger partial charge in [-0.05, 0) is 111 Å². The van der Waals surface area contributed by atoms with Crippen molar-refractivity contribution in [2.45, 2.75) is 19.6 Å². The minimum atomic E-state index is -0.698. The monoisotopic (exact) mass is 839 g/mol. The van der Waals surface area contributed by atoms with Crippen molar-refractivity contribution < 1.29 is 14.3 Å². The summed E-state index contributed by atoms with van der Waals surface area (Å²) in [5.41, 5.74) is 4.09. The maximum absolute atomic E-state index is 14.2. The molecule has 1 aliphatic rings. The van der Waals surface area contributed by atoms with E-state index >= 15 is 0 Å². The van der Waals surface area contributed by atoms with Crippen molar-refractivity contribution in [3.05, 3.63) is 152 Å². The molecule has 1 N–H and O–H groups in total. The number of nitrogens with one attached hydrogen (secondary N) is 1. The minimum Gasteiger partial charge on any atom is -0.497 e. The molecule has 6 rings (SSSR count). The number of carbonyl (C=O) groups excluding carboxylic acids is 1. The Kier molecular flexibility index (Phi) is 9.52. The lowest BCUT2D eigenvalue weighted by Crippen LogP contribution is -2.40. The lowest BCUT2D eigenvalue weighted by molar-refractivity contribution is -0.113. The Balaban J connectivity index is 1.41. The van der Waals surface area contributed by atoms with E-state index in [4.69, 9.17) is 14.5 Å². The highest BCUT2D eigenvalue weighted by molar-refractivity contribution is 14.1. The van der Waals surface area contributed by atoms with Crippen molar-refractivity contribution in [2.75, 3.05) is 12.4 Å². The molecule has 7 nitrogen and oxygen atoms in total. The molecule has 0 radical (unpaired) electrons. The van der Waals surface area contributed by atoms with E-state index in [1.807, 2.05) is 110 Å². The number of amides is 1. The van der Waals surface area contributed by atoms with Gasteiger partial charge < -0.3 is 14.8 Å². The zero-order chi connectivity index (χ0) is 31.5. The van der Waals surface area contributed by atoms with E-state index in [0.29, 0.717) is 38.6 Å². The number of carbonyl (C=O) groups is 1. The molecule has 0 saturated carbocycles. The molecule has 10 heteroatoms. The van der Waals surface area contributed by atoms with E-state index in [1.54, 1.807) is 11.7 Å². The van der Waals surface area contributed by atoms with E-state index in [-0.39, 0.29) is 11.5 Å². The van der Waals surface area contributed by atoms with Crippen LogP contribution in [0.15, 0.2) is 118 Å². The summed E-state index contributed by atoms with van der Waals surface area (Å²) in [6.07, 6.45) is 1.88. The number of thiazole rings is 1. The first-order valence-corrected chi connectivity index (χ1v) is 17.0. The Morgan fingerprint density at radius 3 is 2.36 bits per heavy atom. The number of allylic oxidation sites excluding steroid dienone is 1. The van der Waals surface area contributed by atoms with E-state index in [2.05, 4.69) is 50.5 Å². The first kappa shape index (κ1) is 31.2. The summed E-state index contributed by atoms with van der Waals surface area (Å²) in [6, 6.07) is 30.0. The number of anilines is 1. The number of aromatic nitrogens is 1. The Morgan fingerprint density at radius 1 is 0.978 bits per heavy atom. The molecule has 0 bridgehead atoms. The first-order valence-electron chi connectivity index (χ1n) is 14.0. The third-order valence-electron chi connectivity index (χ3n) is 7.25. The fourth-order valence-electron chi connectivity index (χ4n) is 5.14. The van der Waals surface area contributed by atoms with Gasteiger partial charge in [0, 0.05) is 5.69 Å². The van der Waals surface area contributed by atoms with Crippen LogP contribution in [0.25, 0.3) is 6.08 Å². The number of hydrogen-bond acceptors (Lipinski definition) is 6. The summed E-state index contributed by atoms with van der Waals surface area (Å²) >= 11 is 5.85. The Hall–Kier alpha value is -3.75. The lowest BCUT2D eigenvalue weighted by atomic mass is 9.95. The lowest BCUT2D eigenvalue weighted by Gasteiger charge is -2.25. The minimum absolute atomic E-state index is 0.224. The molecule has 1 atom stereocenters.